The van der Waals surface area contributed by atoms with Gasteiger partial charge in [0.05, 0.1) is 6.07 Å². The van der Waals surface area contributed by atoms with Crippen LogP contribution in [0.15, 0.2) is 24.3 Å². The summed E-state index contributed by atoms with van der Waals surface area (Å²) < 4.78 is 0. The lowest BCUT2D eigenvalue weighted by atomic mass is 10.1. The van der Waals surface area contributed by atoms with Crippen molar-refractivity contribution in [2.45, 2.75) is 12.3 Å². The largest absolute Gasteiger partial charge is 0.332 e. The van der Waals surface area contributed by atoms with Crippen molar-refractivity contribution in [2.24, 2.45) is 5.92 Å². The predicted molar refractivity (Wildman–Crippen MR) is 65.6 cm³/mol. The third-order valence-electron chi connectivity index (χ3n) is 3.10. The Morgan fingerprint density at radius 3 is 2.94 bits per heavy atom. The fourth-order valence-electron chi connectivity index (χ4n) is 2.05. The number of nitriles is 1. The molecular formula is C13H13ClN2O. The molecule has 1 fully saturated rings. The van der Waals surface area contributed by atoms with Crippen molar-refractivity contribution >= 4 is 17.5 Å². The molecule has 0 spiro atoms. The Balaban J connectivity index is 2.04. The van der Waals surface area contributed by atoms with E-state index in [1.807, 2.05) is 30.3 Å². The first-order valence-corrected chi connectivity index (χ1v) is 5.89. The van der Waals surface area contributed by atoms with Gasteiger partial charge in [-0.1, -0.05) is 29.8 Å². The molecule has 0 heterocycles. The maximum atomic E-state index is 11.9. The van der Waals surface area contributed by atoms with Gasteiger partial charge in [0.25, 0.3) is 0 Å². The van der Waals surface area contributed by atoms with Crippen molar-refractivity contribution in [1.82, 2.24) is 4.90 Å². The number of halogens is 1. The summed E-state index contributed by atoms with van der Waals surface area (Å²) in [7, 11) is 1.66. The Morgan fingerprint density at radius 2 is 2.29 bits per heavy atom. The molecule has 0 radical (unpaired) electrons. The third-order valence-corrected chi connectivity index (χ3v) is 3.44. The second-order valence-corrected chi connectivity index (χ2v) is 4.73. The van der Waals surface area contributed by atoms with Gasteiger partial charge in [-0.2, -0.15) is 5.26 Å². The average Bonchev–Trinajstić information content (AvgIpc) is 3.09. The first-order valence-electron chi connectivity index (χ1n) is 5.51. The molecule has 1 aliphatic rings. The Kier molecular flexibility index (Phi) is 3.35. The highest BCUT2D eigenvalue weighted by Crippen LogP contribution is 2.50. The van der Waals surface area contributed by atoms with Crippen molar-refractivity contribution in [3.8, 4) is 6.07 Å². The predicted octanol–water partition coefficient (Wildman–Crippen LogP) is 2.43. The summed E-state index contributed by atoms with van der Waals surface area (Å²) in [6.45, 7) is 0.143. The van der Waals surface area contributed by atoms with Crippen LogP contribution >= 0.6 is 11.6 Å². The maximum absolute atomic E-state index is 11.9. The van der Waals surface area contributed by atoms with Crippen LogP contribution in [0.4, 0.5) is 0 Å². The Morgan fingerprint density at radius 1 is 1.59 bits per heavy atom. The van der Waals surface area contributed by atoms with E-state index in [2.05, 4.69) is 0 Å². The summed E-state index contributed by atoms with van der Waals surface area (Å²) in [6.07, 6.45) is 0.832. The number of rotatable bonds is 3. The van der Waals surface area contributed by atoms with Crippen molar-refractivity contribution in [1.29, 1.82) is 5.26 Å². The van der Waals surface area contributed by atoms with Crippen LogP contribution in [0.2, 0.25) is 5.02 Å². The monoisotopic (exact) mass is 248 g/mol. The molecule has 4 heteroatoms. The summed E-state index contributed by atoms with van der Waals surface area (Å²) >= 11 is 6.09. The summed E-state index contributed by atoms with van der Waals surface area (Å²) in [5.41, 5.74) is 1.04. The molecule has 1 aromatic carbocycles. The maximum Gasteiger partial charge on any atom is 0.226 e. The molecule has 0 bridgehead atoms. The average molecular weight is 249 g/mol. The highest BCUT2D eigenvalue weighted by Gasteiger charge is 2.45. The van der Waals surface area contributed by atoms with Crippen LogP contribution in [-0.4, -0.2) is 24.4 Å². The lowest BCUT2D eigenvalue weighted by Crippen LogP contribution is -2.28. The van der Waals surface area contributed by atoms with Gasteiger partial charge < -0.3 is 4.90 Å². The van der Waals surface area contributed by atoms with E-state index >= 15 is 0 Å². The highest BCUT2D eigenvalue weighted by atomic mass is 35.5. The molecule has 0 saturated heterocycles. The normalized spacial score (nSPS) is 21.7. The molecule has 2 rings (SSSR count). The molecular weight excluding hydrogens is 236 g/mol. The first-order chi connectivity index (χ1) is 8.15. The van der Waals surface area contributed by atoms with E-state index in [0.29, 0.717) is 0 Å². The van der Waals surface area contributed by atoms with Crippen LogP contribution in [-0.2, 0) is 4.79 Å². The topological polar surface area (TPSA) is 44.1 Å². The van der Waals surface area contributed by atoms with E-state index < -0.39 is 0 Å². The van der Waals surface area contributed by atoms with E-state index in [0.717, 1.165) is 17.0 Å². The van der Waals surface area contributed by atoms with Gasteiger partial charge in [-0.25, -0.2) is 0 Å². The second-order valence-electron chi connectivity index (χ2n) is 4.32. The Bertz CT molecular complexity index is 481. The van der Waals surface area contributed by atoms with Crippen LogP contribution in [0.1, 0.15) is 17.9 Å². The lowest BCUT2D eigenvalue weighted by molar-refractivity contribution is -0.130. The fourth-order valence-corrected chi connectivity index (χ4v) is 2.33. The number of benzene rings is 1. The summed E-state index contributed by atoms with van der Waals surface area (Å²) in [4.78, 5) is 13.4. The zero-order valence-electron chi connectivity index (χ0n) is 9.56. The first kappa shape index (κ1) is 11.9. The van der Waals surface area contributed by atoms with Gasteiger partial charge in [0.15, 0.2) is 0 Å². The van der Waals surface area contributed by atoms with E-state index in [1.165, 1.54) is 4.90 Å². The molecule has 88 valence electrons. The Labute approximate surface area is 106 Å². The summed E-state index contributed by atoms with van der Waals surface area (Å²) in [5.74, 6) is 0.252. The minimum Gasteiger partial charge on any atom is -0.332 e. The van der Waals surface area contributed by atoms with E-state index in [9.17, 15) is 4.79 Å². The van der Waals surface area contributed by atoms with Crippen molar-refractivity contribution < 1.29 is 4.79 Å². The second kappa shape index (κ2) is 4.77. The van der Waals surface area contributed by atoms with Gasteiger partial charge in [-0.05, 0) is 24.0 Å². The molecule has 1 amide bonds. The third kappa shape index (κ3) is 2.42. The van der Waals surface area contributed by atoms with Crippen molar-refractivity contribution in [2.75, 3.05) is 13.6 Å². The van der Waals surface area contributed by atoms with Crippen LogP contribution in [0.25, 0.3) is 0 Å². The molecule has 1 aromatic rings. The number of carbonyl (C=O) groups is 1. The van der Waals surface area contributed by atoms with Crippen LogP contribution in [0.3, 0.4) is 0 Å². The summed E-state index contributed by atoms with van der Waals surface area (Å²) in [5, 5.41) is 9.27. The van der Waals surface area contributed by atoms with Crippen molar-refractivity contribution in [3.63, 3.8) is 0 Å². The zero-order valence-corrected chi connectivity index (χ0v) is 10.3. The van der Waals surface area contributed by atoms with Crippen molar-refractivity contribution in [3.05, 3.63) is 34.9 Å². The molecule has 1 saturated carbocycles. The number of carbonyl (C=O) groups excluding carboxylic acids is 1. The molecule has 0 aliphatic heterocycles. The van der Waals surface area contributed by atoms with E-state index in [-0.39, 0.29) is 24.3 Å². The Hall–Kier alpha value is -1.53. The fraction of sp³-hybridized carbons (Fsp3) is 0.385. The molecule has 17 heavy (non-hydrogen) atoms. The van der Waals surface area contributed by atoms with Gasteiger partial charge >= 0.3 is 0 Å². The minimum absolute atomic E-state index is 0.00625. The SMILES string of the molecule is CN(CC#N)C(=O)[C@@H]1C[C@H]1c1ccccc1Cl. The molecule has 2 atom stereocenters. The molecule has 1 aliphatic carbocycles. The zero-order chi connectivity index (χ0) is 12.4. The number of nitrogens with zero attached hydrogens (tertiary/aromatic N) is 2. The lowest BCUT2D eigenvalue weighted by Gasteiger charge is -2.12. The smallest absolute Gasteiger partial charge is 0.226 e. The quantitative estimate of drug-likeness (QED) is 0.771. The minimum atomic E-state index is -0.00625. The van der Waals surface area contributed by atoms with Gasteiger partial charge in [0.1, 0.15) is 6.54 Å². The van der Waals surface area contributed by atoms with E-state index in [4.69, 9.17) is 16.9 Å². The number of hydrogen-bond acceptors (Lipinski definition) is 2. The molecule has 0 unspecified atom stereocenters. The van der Waals surface area contributed by atoms with Gasteiger partial charge in [-0.3, -0.25) is 4.79 Å². The summed E-state index contributed by atoms with van der Waals surface area (Å²) in [6, 6.07) is 9.59. The van der Waals surface area contributed by atoms with Crippen LogP contribution in [0, 0.1) is 17.2 Å². The van der Waals surface area contributed by atoms with Crippen LogP contribution < -0.4 is 0 Å². The standard InChI is InChI=1S/C13H13ClN2O/c1-16(7-6-15)13(17)11-8-10(11)9-4-2-3-5-12(9)14/h2-5,10-11H,7-8H2,1H3/t10-,11+/m0/s1. The van der Waals surface area contributed by atoms with Gasteiger partial charge in [-0.15, -0.1) is 0 Å². The van der Waals surface area contributed by atoms with Gasteiger partial charge in [0.2, 0.25) is 5.91 Å². The van der Waals surface area contributed by atoms with Crippen LogP contribution in [0.5, 0.6) is 0 Å². The number of amides is 1. The number of hydrogen-bond donors (Lipinski definition) is 0. The molecule has 0 N–H and O–H groups in total. The van der Waals surface area contributed by atoms with E-state index in [1.54, 1.807) is 7.05 Å². The molecule has 3 nitrogen and oxygen atoms in total. The van der Waals surface area contributed by atoms with Gasteiger partial charge in [0, 0.05) is 18.0 Å². The molecule has 0 aromatic heterocycles. The highest BCUT2D eigenvalue weighted by molar-refractivity contribution is 6.31.